The van der Waals surface area contributed by atoms with E-state index in [4.69, 9.17) is 10.5 Å². The van der Waals surface area contributed by atoms with Crippen LogP contribution in [-0.4, -0.2) is 30.0 Å². The van der Waals surface area contributed by atoms with Gasteiger partial charge < -0.3 is 15.4 Å². The van der Waals surface area contributed by atoms with Gasteiger partial charge >= 0.3 is 0 Å². The van der Waals surface area contributed by atoms with Crippen LogP contribution in [-0.2, 0) is 17.6 Å². The molecule has 3 aromatic rings. The van der Waals surface area contributed by atoms with Gasteiger partial charge in [-0.15, -0.1) is 0 Å². The molecule has 0 unspecified atom stereocenters. The van der Waals surface area contributed by atoms with Crippen LogP contribution < -0.4 is 10.5 Å². The lowest BCUT2D eigenvalue weighted by molar-refractivity contribution is -0.136. The Bertz CT molecular complexity index is 1090. The molecular weight excluding hydrogens is 410 g/mol. The maximum absolute atomic E-state index is 13.9. The highest BCUT2D eigenvalue weighted by molar-refractivity contribution is 5.82. The molecule has 0 aliphatic carbocycles. The van der Waals surface area contributed by atoms with Crippen LogP contribution in [0.1, 0.15) is 29.2 Å². The lowest BCUT2D eigenvalue weighted by atomic mass is 9.92. The van der Waals surface area contributed by atoms with Crippen molar-refractivity contribution >= 4 is 5.91 Å². The first-order valence-electron chi connectivity index (χ1n) is 10.8. The molecule has 0 radical (unpaired) electrons. The number of carbonyl (C=O) groups excluding carboxylic acids is 1. The summed E-state index contributed by atoms with van der Waals surface area (Å²) < 4.78 is 33.3. The predicted molar refractivity (Wildman–Crippen MR) is 119 cm³/mol. The minimum Gasteiger partial charge on any atom is -0.491 e. The van der Waals surface area contributed by atoms with Crippen molar-refractivity contribution in [2.75, 3.05) is 13.2 Å². The van der Waals surface area contributed by atoms with E-state index in [-0.39, 0.29) is 30.2 Å². The number of halogens is 2. The number of benzene rings is 3. The van der Waals surface area contributed by atoms with E-state index in [0.717, 1.165) is 17.5 Å². The van der Waals surface area contributed by atoms with Gasteiger partial charge in [-0.05, 0) is 54.2 Å². The maximum atomic E-state index is 13.9. The third-order valence-corrected chi connectivity index (χ3v) is 5.90. The first-order valence-corrected chi connectivity index (χ1v) is 10.8. The van der Waals surface area contributed by atoms with Gasteiger partial charge in [-0.2, -0.15) is 0 Å². The summed E-state index contributed by atoms with van der Waals surface area (Å²) in [6.07, 6.45) is 1.45. The molecule has 1 aliphatic rings. The standard InChI is InChI=1S/C26H26F2N2O2/c27-20-8-5-9-21(16-20)32-17-25-22-10-3-1-6-18(22)14-15-30(25)26(31)24(29)13-12-19-7-2-4-11-23(19)28/h1-11,16,24-25H,12-15,17,29H2/t24-,25-/m1/s1. The van der Waals surface area contributed by atoms with E-state index in [0.29, 0.717) is 30.7 Å². The largest absolute Gasteiger partial charge is 0.491 e. The second kappa shape index (κ2) is 9.92. The van der Waals surface area contributed by atoms with Gasteiger partial charge in [0.2, 0.25) is 5.91 Å². The van der Waals surface area contributed by atoms with E-state index < -0.39 is 6.04 Å². The monoisotopic (exact) mass is 436 g/mol. The molecule has 166 valence electrons. The molecule has 0 saturated carbocycles. The van der Waals surface area contributed by atoms with Crippen molar-refractivity contribution in [1.29, 1.82) is 0 Å². The van der Waals surface area contributed by atoms with Crippen LogP contribution in [0.25, 0.3) is 0 Å². The van der Waals surface area contributed by atoms with Crippen molar-refractivity contribution in [2.24, 2.45) is 5.73 Å². The van der Waals surface area contributed by atoms with Crippen molar-refractivity contribution < 1.29 is 18.3 Å². The third kappa shape index (κ3) is 4.97. The lowest BCUT2D eigenvalue weighted by Crippen LogP contribution is -2.49. The Kier molecular flexibility index (Phi) is 6.81. The summed E-state index contributed by atoms with van der Waals surface area (Å²) in [5.41, 5.74) is 8.96. The van der Waals surface area contributed by atoms with E-state index in [1.54, 1.807) is 35.2 Å². The third-order valence-electron chi connectivity index (χ3n) is 5.90. The summed E-state index contributed by atoms with van der Waals surface area (Å²) >= 11 is 0. The average molecular weight is 437 g/mol. The van der Waals surface area contributed by atoms with Gasteiger partial charge in [0.25, 0.3) is 0 Å². The summed E-state index contributed by atoms with van der Waals surface area (Å²) in [7, 11) is 0. The zero-order chi connectivity index (χ0) is 22.5. The van der Waals surface area contributed by atoms with Crippen LogP contribution in [0.5, 0.6) is 5.75 Å². The van der Waals surface area contributed by atoms with Gasteiger partial charge in [-0.25, -0.2) is 8.78 Å². The Balaban J connectivity index is 1.49. The minimum absolute atomic E-state index is 0.187. The minimum atomic E-state index is -0.753. The molecule has 0 spiro atoms. The second-order valence-electron chi connectivity index (χ2n) is 8.00. The molecule has 1 heterocycles. The Morgan fingerprint density at radius 2 is 1.84 bits per heavy atom. The van der Waals surface area contributed by atoms with Gasteiger partial charge in [0, 0.05) is 12.6 Å². The molecule has 0 saturated heterocycles. The molecule has 1 amide bonds. The molecule has 6 heteroatoms. The fraction of sp³-hybridized carbons (Fsp3) is 0.269. The van der Waals surface area contributed by atoms with Crippen LogP contribution in [0.15, 0.2) is 72.8 Å². The Hall–Kier alpha value is -3.25. The first-order chi connectivity index (χ1) is 15.5. The molecule has 2 N–H and O–H groups in total. The summed E-state index contributed by atoms with van der Waals surface area (Å²) in [6, 6.07) is 19.3. The Labute approximate surface area is 186 Å². The van der Waals surface area contributed by atoms with Gasteiger partial charge in [0.05, 0.1) is 12.1 Å². The van der Waals surface area contributed by atoms with Crippen LogP contribution in [0.4, 0.5) is 8.78 Å². The highest BCUT2D eigenvalue weighted by Gasteiger charge is 2.33. The van der Waals surface area contributed by atoms with E-state index in [2.05, 4.69) is 0 Å². The van der Waals surface area contributed by atoms with Gasteiger partial charge in [-0.1, -0.05) is 48.5 Å². The maximum Gasteiger partial charge on any atom is 0.240 e. The molecule has 0 fully saturated rings. The number of carbonyl (C=O) groups is 1. The molecule has 1 aliphatic heterocycles. The Morgan fingerprint density at radius 3 is 2.66 bits per heavy atom. The van der Waals surface area contributed by atoms with E-state index in [9.17, 15) is 13.6 Å². The SMILES string of the molecule is N[C@H](CCc1ccccc1F)C(=O)N1CCc2ccccc2[C@H]1COc1cccc(F)c1. The quantitative estimate of drug-likeness (QED) is 0.596. The average Bonchev–Trinajstić information content (AvgIpc) is 2.81. The number of nitrogens with two attached hydrogens (primary N) is 1. The normalized spacial score (nSPS) is 16.3. The van der Waals surface area contributed by atoms with E-state index in [1.807, 2.05) is 24.3 Å². The topological polar surface area (TPSA) is 55.6 Å². The zero-order valence-corrected chi connectivity index (χ0v) is 17.7. The van der Waals surface area contributed by atoms with Crippen molar-refractivity contribution in [3.8, 4) is 5.75 Å². The zero-order valence-electron chi connectivity index (χ0n) is 17.7. The molecule has 2 atom stereocenters. The molecule has 0 aromatic heterocycles. The van der Waals surface area contributed by atoms with Gasteiger partial charge in [0.1, 0.15) is 24.0 Å². The molecule has 4 nitrogen and oxygen atoms in total. The number of amides is 1. The number of fused-ring (bicyclic) bond motifs is 1. The van der Waals surface area contributed by atoms with Crippen LogP contribution in [0.3, 0.4) is 0 Å². The molecule has 32 heavy (non-hydrogen) atoms. The molecule has 4 rings (SSSR count). The highest BCUT2D eigenvalue weighted by Crippen LogP contribution is 2.31. The van der Waals surface area contributed by atoms with E-state index in [1.165, 1.54) is 18.2 Å². The number of ether oxygens (including phenoxy) is 1. The number of hydrogen-bond donors (Lipinski definition) is 1. The number of rotatable bonds is 7. The number of aryl methyl sites for hydroxylation is 1. The molecular formula is C26H26F2N2O2. The first kappa shape index (κ1) is 22.0. The second-order valence-corrected chi connectivity index (χ2v) is 8.00. The van der Waals surface area contributed by atoms with Crippen LogP contribution >= 0.6 is 0 Å². The van der Waals surface area contributed by atoms with Crippen molar-refractivity contribution in [3.63, 3.8) is 0 Å². The predicted octanol–water partition coefficient (Wildman–Crippen LogP) is 4.43. The Morgan fingerprint density at radius 1 is 1.06 bits per heavy atom. The van der Waals surface area contributed by atoms with Crippen molar-refractivity contribution in [3.05, 3.63) is 101 Å². The highest BCUT2D eigenvalue weighted by atomic mass is 19.1. The summed E-state index contributed by atoms with van der Waals surface area (Å²) in [6.45, 7) is 0.701. The van der Waals surface area contributed by atoms with Crippen molar-refractivity contribution in [1.82, 2.24) is 4.90 Å². The smallest absolute Gasteiger partial charge is 0.240 e. The summed E-state index contributed by atoms with van der Waals surface area (Å²) in [5.74, 6) is -0.456. The van der Waals surface area contributed by atoms with E-state index >= 15 is 0 Å². The van der Waals surface area contributed by atoms with Crippen LogP contribution in [0.2, 0.25) is 0 Å². The van der Waals surface area contributed by atoms with Gasteiger partial charge in [-0.3, -0.25) is 4.79 Å². The summed E-state index contributed by atoms with van der Waals surface area (Å²) in [5, 5.41) is 0. The molecule has 0 bridgehead atoms. The number of hydrogen-bond acceptors (Lipinski definition) is 3. The fourth-order valence-electron chi connectivity index (χ4n) is 4.18. The lowest BCUT2D eigenvalue weighted by Gasteiger charge is -2.38. The van der Waals surface area contributed by atoms with Crippen LogP contribution in [0, 0.1) is 11.6 Å². The summed E-state index contributed by atoms with van der Waals surface area (Å²) in [4.78, 5) is 15.0. The van der Waals surface area contributed by atoms with Crippen molar-refractivity contribution in [2.45, 2.75) is 31.3 Å². The molecule has 3 aromatic carbocycles. The van der Waals surface area contributed by atoms with Gasteiger partial charge in [0.15, 0.2) is 0 Å². The number of nitrogens with zero attached hydrogens (tertiary/aromatic N) is 1. The fourth-order valence-corrected chi connectivity index (χ4v) is 4.18.